The average Bonchev–Trinajstić information content (AvgIpc) is 2.59. The number of hydrogen-bond acceptors (Lipinski definition) is 4. The van der Waals surface area contributed by atoms with Crippen LogP contribution in [0.3, 0.4) is 0 Å². The van der Waals surface area contributed by atoms with Crippen LogP contribution in [0.2, 0.25) is 0 Å². The highest BCUT2D eigenvalue weighted by atomic mass is 19.1. The van der Waals surface area contributed by atoms with E-state index in [0.29, 0.717) is 32.8 Å². The van der Waals surface area contributed by atoms with Crippen LogP contribution in [0.5, 0.6) is 0 Å². The van der Waals surface area contributed by atoms with E-state index >= 15 is 0 Å². The molecule has 6 nitrogen and oxygen atoms in total. The van der Waals surface area contributed by atoms with E-state index in [-0.39, 0.29) is 30.2 Å². The first-order chi connectivity index (χ1) is 12.5. The van der Waals surface area contributed by atoms with Crippen LogP contribution < -0.4 is 10.6 Å². The third-order valence-corrected chi connectivity index (χ3v) is 4.21. The molecular weight excluding hydrogens is 337 g/mol. The third-order valence-electron chi connectivity index (χ3n) is 4.21. The molecule has 7 heteroatoms. The van der Waals surface area contributed by atoms with E-state index in [4.69, 9.17) is 4.74 Å². The first-order valence-corrected chi connectivity index (χ1v) is 9.10. The van der Waals surface area contributed by atoms with Crippen molar-refractivity contribution >= 4 is 11.8 Å². The van der Waals surface area contributed by atoms with Crippen molar-refractivity contribution in [2.75, 3.05) is 26.2 Å². The van der Waals surface area contributed by atoms with E-state index in [1.54, 1.807) is 12.1 Å². The highest BCUT2D eigenvalue weighted by Gasteiger charge is 2.31. The highest BCUT2D eigenvalue weighted by molar-refractivity contribution is 5.88. The summed E-state index contributed by atoms with van der Waals surface area (Å²) in [4.78, 5) is 26.4. The van der Waals surface area contributed by atoms with Crippen molar-refractivity contribution in [3.8, 4) is 0 Å². The zero-order chi connectivity index (χ0) is 18.9. The molecule has 0 spiro atoms. The number of rotatable bonds is 9. The van der Waals surface area contributed by atoms with E-state index in [1.807, 2.05) is 18.7 Å². The quantitative estimate of drug-likeness (QED) is 0.650. The van der Waals surface area contributed by atoms with E-state index in [0.717, 1.165) is 12.0 Å². The van der Waals surface area contributed by atoms with Crippen LogP contribution in [-0.4, -0.2) is 55.1 Å². The fraction of sp³-hybridized carbons (Fsp3) is 0.579. The maximum atomic E-state index is 13.1. The number of piperazine rings is 1. The zero-order valence-electron chi connectivity index (χ0n) is 15.5. The van der Waals surface area contributed by atoms with E-state index in [1.165, 1.54) is 12.1 Å². The molecule has 1 heterocycles. The van der Waals surface area contributed by atoms with Crippen LogP contribution >= 0.6 is 0 Å². The second-order valence-electron chi connectivity index (χ2n) is 6.73. The number of carbonyl (C=O) groups is 2. The van der Waals surface area contributed by atoms with Crippen molar-refractivity contribution in [1.82, 2.24) is 15.5 Å². The lowest BCUT2D eigenvalue weighted by molar-refractivity contribution is -0.134. The number of hydrogen-bond donors (Lipinski definition) is 2. The van der Waals surface area contributed by atoms with Gasteiger partial charge in [-0.25, -0.2) is 4.39 Å². The molecule has 0 aliphatic carbocycles. The van der Waals surface area contributed by atoms with Gasteiger partial charge in [0.2, 0.25) is 11.8 Å². The van der Waals surface area contributed by atoms with Crippen molar-refractivity contribution in [3.63, 3.8) is 0 Å². The standard InChI is InChI=1S/C19H28FN3O3/c1-14(2)26-11-3-8-21-18(24)12-17-19(25)22-9-10-23(17)13-15-4-6-16(20)7-5-15/h4-7,14,17H,3,8-13H2,1-2H3,(H,21,24)(H,22,25). The molecule has 1 fully saturated rings. The van der Waals surface area contributed by atoms with Gasteiger partial charge in [0.1, 0.15) is 5.82 Å². The number of benzene rings is 1. The molecule has 1 atom stereocenters. The summed E-state index contributed by atoms with van der Waals surface area (Å²) in [6.45, 7) is 6.77. The Kier molecular flexibility index (Phi) is 8.00. The minimum atomic E-state index is -0.513. The predicted molar refractivity (Wildman–Crippen MR) is 96.9 cm³/mol. The molecule has 144 valence electrons. The van der Waals surface area contributed by atoms with Crippen LogP contribution in [0.15, 0.2) is 24.3 Å². The molecule has 1 unspecified atom stereocenters. The minimum absolute atomic E-state index is 0.109. The average molecular weight is 365 g/mol. The number of nitrogens with one attached hydrogen (secondary N) is 2. The fourth-order valence-corrected chi connectivity index (χ4v) is 2.86. The van der Waals surface area contributed by atoms with Gasteiger partial charge in [0.25, 0.3) is 0 Å². The molecule has 0 aromatic heterocycles. The normalized spacial score (nSPS) is 18.0. The lowest BCUT2D eigenvalue weighted by Crippen LogP contribution is -2.56. The molecule has 2 amide bonds. The third kappa shape index (κ3) is 6.72. The topological polar surface area (TPSA) is 70.7 Å². The Labute approximate surface area is 154 Å². The van der Waals surface area contributed by atoms with Crippen LogP contribution in [0, 0.1) is 5.82 Å². The highest BCUT2D eigenvalue weighted by Crippen LogP contribution is 2.14. The Morgan fingerprint density at radius 2 is 2.12 bits per heavy atom. The Morgan fingerprint density at radius 3 is 2.81 bits per heavy atom. The number of carbonyl (C=O) groups excluding carboxylic acids is 2. The lowest BCUT2D eigenvalue weighted by Gasteiger charge is -2.34. The van der Waals surface area contributed by atoms with Gasteiger partial charge in [-0.15, -0.1) is 0 Å². The first-order valence-electron chi connectivity index (χ1n) is 9.10. The molecule has 0 saturated carbocycles. The molecule has 26 heavy (non-hydrogen) atoms. The number of nitrogens with zero attached hydrogens (tertiary/aromatic N) is 1. The Hall–Kier alpha value is -1.99. The van der Waals surface area contributed by atoms with Crippen molar-refractivity contribution in [3.05, 3.63) is 35.6 Å². The summed E-state index contributed by atoms with van der Waals surface area (Å²) in [6, 6.07) is 5.70. The molecule has 1 aliphatic heterocycles. The number of ether oxygens (including phenoxy) is 1. The molecule has 0 radical (unpaired) electrons. The Bertz CT molecular complexity index is 592. The van der Waals surface area contributed by atoms with Gasteiger partial charge in [0.15, 0.2) is 0 Å². The molecule has 1 aromatic carbocycles. The fourth-order valence-electron chi connectivity index (χ4n) is 2.86. The molecule has 2 rings (SSSR count). The van der Waals surface area contributed by atoms with Crippen LogP contribution in [0.4, 0.5) is 4.39 Å². The van der Waals surface area contributed by atoms with Gasteiger partial charge in [0.05, 0.1) is 18.6 Å². The molecule has 1 saturated heterocycles. The smallest absolute Gasteiger partial charge is 0.237 e. The molecule has 1 aromatic rings. The van der Waals surface area contributed by atoms with Gasteiger partial charge in [-0.2, -0.15) is 0 Å². The van der Waals surface area contributed by atoms with Crippen molar-refractivity contribution < 1.29 is 18.7 Å². The summed E-state index contributed by atoms with van der Waals surface area (Å²) in [5.41, 5.74) is 0.914. The maximum Gasteiger partial charge on any atom is 0.237 e. The molecule has 1 aliphatic rings. The second kappa shape index (κ2) is 10.2. The van der Waals surface area contributed by atoms with E-state index in [2.05, 4.69) is 10.6 Å². The largest absolute Gasteiger partial charge is 0.379 e. The summed E-state index contributed by atoms with van der Waals surface area (Å²) >= 11 is 0. The Morgan fingerprint density at radius 1 is 1.38 bits per heavy atom. The summed E-state index contributed by atoms with van der Waals surface area (Å²) in [7, 11) is 0. The lowest BCUT2D eigenvalue weighted by atomic mass is 10.1. The molecular formula is C19H28FN3O3. The SMILES string of the molecule is CC(C)OCCCNC(=O)CC1C(=O)NCCN1Cc1ccc(F)cc1. The maximum absolute atomic E-state index is 13.1. The summed E-state index contributed by atoms with van der Waals surface area (Å²) in [5, 5.41) is 5.65. The van der Waals surface area contributed by atoms with E-state index in [9.17, 15) is 14.0 Å². The van der Waals surface area contributed by atoms with Gasteiger partial charge in [-0.3, -0.25) is 14.5 Å². The van der Waals surface area contributed by atoms with Crippen molar-refractivity contribution in [2.24, 2.45) is 0 Å². The van der Waals surface area contributed by atoms with Crippen LogP contribution in [0.1, 0.15) is 32.3 Å². The van der Waals surface area contributed by atoms with Crippen molar-refractivity contribution in [1.29, 1.82) is 0 Å². The van der Waals surface area contributed by atoms with Crippen molar-refractivity contribution in [2.45, 2.75) is 45.4 Å². The summed E-state index contributed by atoms with van der Waals surface area (Å²) in [5.74, 6) is -0.583. The molecule has 0 bridgehead atoms. The van der Waals surface area contributed by atoms with E-state index < -0.39 is 6.04 Å². The van der Waals surface area contributed by atoms with Gasteiger partial charge in [0, 0.05) is 32.8 Å². The van der Waals surface area contributed by atoms with Crippen LogP contribution in [0.25, 0.3) is 0 Å². The first kappa shape index (κ1) is 20.3. The predicted octanol–water partition coefficient (Wildman–Crippen LogP) is 1.45. The zero-order valence-corrected chi connectivity index (χ0v) is 15.5. The molecule has 2 N–H and O–H groups in total. The van der Waals surface area contributed by atoms with Gasteiger partial charge >= 0.3 is 0 Å². The Balaban J connectivity index is 1.84. The summed E-state index contributed by atoms with van der Waals surface area (Å²) in [6.07, 6.45) is 1.02. The monoisotopic (exact) mass is 365 g/mol. The minimum Gasteiger partial charge on any atom is -0.379 e. The second-order valence-corrected chi connectivity index (χ2v) is 6.73. The summed E-state index contributed by atoms with van der Waals surface area (Å²) < 4.78 is 18.5. The van der Waals surface area contributed by atoms with Gasteiger partial charge in [-0.05, 0) is 38.0 Å². The number of amides is 2. The number of halogens is 1. The van der Waals surface area contributed by atoms with Gasteiger partial charge < -0.3 is 15.4 Å². The van der Waals surface area contributed by atoms with Crippen LogP contribution in [-0.2, 0) is 20.9 Å². The van der Waals surface area contributed by atoms with Gasteiger partial charge in [-0.1, -0.05) is 12.1 Å².